The third kappa shape index (κ3) is 4.87. The minimum Gasteiger partial charge on any atom is -0.354 e. The number of rotatable bonds is 2. The minimum atomic E-state index is 0.0685. The highest BCUT2D eigenvalue weighted by molar-refractivity contribution is 5.74. The fourth-order valence-corrected chi connectivity index (χ4v) is 3.93. The number of nitriles is 1. The lowest BCUT2D eigenvalue weighted by Gasteiger charge is -2.27. The van der Waals surface area contributed by atoms with Crippen LogP contribution in [-0.2, 0) is 0 Å². The molecule has 1 saturated carbocycles. The second-order valence-corrected chi connectivity index (χ2v) is 7.31. The summed E-state index contributed by atoms with van der Waals surface area (Å²) in [5.74, 6) is 0.734. The quantitative estimate of drug-likeness (QED) is 0.883. The van der Waals surface area contributed by atoms with Crippen molar-refractivity contribution in [2.24, 2.45) is 0 Å². The van der Waals surface area contributed by atoms with Crippen molar-refractivity contribution in [3.63, 3.8) is 0 Å². The van der Waals surface area contributed by atoms with Crippen LogP contribution in [0.2, 0.25) is 0 Å². The van der Waals surface area contributed by atoms with Crippen LogP contribution in [0.3, 0.4) is 0 Å². The summed E-state index contributed by atoms with van der Waals surface area (Å²) in [4.78, 5) is 21.1. The van der Waals surface area contributed by atoms with Gasteiger partial charge in [-0.25, -0.2) is 9.78 Å². The topological polar surface area (TPSA) is 72.3 Å². The summed E-state index contributed by atoms with van der Waals surface area (Å²) in [6.45, 7) is 2.95. The minimum absolute atomic E-state index is 0.0685. The lowest BCUT2D eigenvalue weighted by Crippen LogP contribution is -2.46. The van der Waals surface area contributed by atoms with Crippen LogP contribution in [0.4, 0.5) is 10.6 Å². The Kier molecular flexibility index (Phi) is 6.70. The van der Waals surface area contributed by atoms with Crippen LogP contribution in [0.25, 0.3) is 0 Å². The molecule has 2 heterocycles. The van der Waals surface area contributed by atoms with E-state index in [2.05, 4.69) is 21.3 Å². The molecule has 0 aromatic carbocycles. The maximum absolute atomic E-state index is 12.7. The van der Waals surface area contributed by atoms with Crippen molar-refractivity contribution in [1.82, 2.24) is 15.2 Å². The van der Waals surface area contributed by atoms with Crippen LogP contribution in [0, 0.1) is 11.3 Å². The Morgan fingerprint density at radius 2 is 1.85 bits per heavy atom. The lowest BCUT2D eigenvalue weighted by atomic mass is 9.97. The summed E-state index contributed by atoms with van der Waals surface area (Å²) in [7, 11) is 0. The largest absolute Gasteiger partial charge is 0.354 e. The molecular formula is C20H29N5O. The average Bonchev–Trinajstić information content (AvgIpc) is 2.90. The molecule has 2 amide bonds. The van der Waals surface area contributed by atoms with Crippen LogP contribution in [0.5, 0.6) is 0 Å². The molecule has 1 aromatic rings. The van der Waals surface area contributed by atoms with E-state index in [-0.39, 0.29) is 6.03 Å². The maximum atomic E-state index is 12.7. The molecule has 1 saturated heterocycles. The summed E-state index contributed by atoms with van der Waals surface area (Å²) in [6, 6.07) is 6.19. The zero-order chi connectivity index (χ0) is 18.2. The van der Waals surface area contributed by atoms with Crippen molar-refractivity contribution in [2.45, 2.75) is 57.4 Å². The third-order valence-corrected chi connectivity index (χ3v) is 5.42. The SMILES string of the molecule is N#Cc1cccnc1N1CCCN(C(=O)NC2CCCCCCC2)CC1. The standard InChI is InChI=1S/C20H29N5O/c21-16-17-8-6-11-22-19(17)24-12-7-13-25(15-14-24)20(26)23-18-9-4-2-1-3-5-10-18/h6,8,11,18H,1-5,7,9-10,12-15H2,(H,23,26). The molecule has 6 heteroatoms. The number of nitrogens with zero attached hydrogens (tertiary/aromatic N) is 4. The molecule has 1 N–H and O–H groups in total. The second kappa shape index (κ2) is 9.42. The Balaban J connectivity index is 1.56. The Labute approximate surface area is 156 Å². The van der Waals surface area contributed by atoms with Gasteiger partial charge in [-0.2, -0.15) is 5.26 Å². The zero-order valence-electron chi connectivity index (χ0n) is 15.5. The van der Waals surface area contributed by atoms with Gasteiger partial charge in [-0.05, 0) is 31.4 Å². The smallest absolute Gasteiger partial charge is 0.317 e. The Morgan fingerprint density at radius 3 is 2.62 bits per heavy atom. The first-order chi connectivity index (χ1) is 12.8. The number of carbonyl (C=O) groups excluding carboxylic acids is 1. The van der Waals surface area contributed by atoms with E-state index in [4.69, 9.17) is 0 Å². The number of carbonyl (C=O) groups is 1. The molecule has 0 atom stereocenters. The highest BCUT2D eigenvalue weighted by Gasteiger charge is 2.23. The van der Waals surface area contributed by atoms with Crippen LogP contribution in [-0.4, -0.2) is 48.1 Å². The molecule has 0 bridgehead atoms. The van der Waals surface area contributed by atoms with Crippen molar-refractivity contribution < 1.29 is 4.79 Å². The van der Waals surface area contributed by atoms with E-state index in [1.54, 1.807) is 18.3 Å². The molecule has 0 spiro atoms. The molecule has 1 aliphatic carbocycles. The molecule has 6 nitrogen and oxygen atoms in total. The van der Waals surface area contributed by atoms with Crippen molar-refractivity contribution in [1.29, 1.82) is 5.26 Å². The van der Waals surface area contributed by atoms with Gasteiger partial charge in [0.05, 0.1) is 5.56 Å². The number of hydrogen-bond donors (Lipinski definition) is 1. The fraction of sp³-hybridized carbons (Fsp3) is 0.650. The van der Waals surface area contributed by atoms with Crippen LogP contribution < -0.4 is 10.2 Å². The number of amides is 2. The van der Waals surface area contributed by atoms with E-state index in [9.17, 15) is 10.1 Å². The van der Waals surface area contributed by atoms with Gasteiger partial charge in [0.25, 0.3) is 0 Å². The molecule has 2 fully saturated rings. The van der Waals surface area contributed by atoms with Crippen LogP contribution in [0.15, 0.2) is 18.3 Å². The van der Waals surface area contributed by atoms with Crippen molar-refractivity contribution in [2.75, 3.05) is 31.1 Å². The summed E-state index contributed by atoms with van der Waals surface area (Å²) < 4.78 is 0. The van der Waals surface area contributed by atoms with Crippen LogP contribution >= 0.6 is 0 Å². The van der Waals surface area contributed by atoms with E-state index in [0.717, 1.165) is 38.2 Å². The Bertz CT molecular complexity index is 633. The van der Waals surface area contributed by atoms with Gasteiger partial charge in [0.15, 0.2) is 0 Å². The summed E-state index contributed by atoms with van der Waals surface area (Å²) >= 11 is 0. The van der Waals surface area contributed by atoms with Crippen LogP contribution in [0.1, 0.15) is 56.9 Å². The highest BCUT2D eigenvalue weighted by Crippen LogP contribution is 2.19. The monoisotopic (exact) mass is 355 g/mol. The number of urea groups is 1. The van der Waals surface area contributed by atoms with Gasteiger partial charge in [0.1, 0.15) is 11.9 Å². The number of anilines is 1. The van der Waals surface area contributed by atoms with Gasteiger partial charge in [-0.3, -0.25) is 0 Å². The molecule has 1 aromatic heterocycles. The van der Waals surface area contributed by atoms with Gasteiger partial charge >= 0.3 is 6.03 Å². The first-order valence-corrected chi connectivity index (χ1v) is 9.93. The van der Waals surface area contributed by atoms with E-state index in [1.165, 1.54) is 32.1 Å². The molecule has 3 rings (SSSR count). The number of hydrogen-bond acceptors (Lipinski definition) is 4. The highest BCUT2D eigenvalue weighted by atomic mass is 16.2. The predicted molar refractivity (Wildman–Crippen MR) is 102 cm³/mol. The summed E-state index contributed by atoms with van der Waals surface area (Å²) in [5, 5.41) is 12.6. The van der Waals surface area contributed by atoms with Gasteiger partial charge in [0, 0.05) is 38.4 Å². The summed E-state index contributed by atoms with van der Waals surface area (Å²) in [5.41, 5.74) is 0.597. The molecule has 140 valence electrons. The van der Waals surface area contributed by atoms with Gasteiger partial charge in [0.2, 0.25) is 0 Å². The molecule has 0 unspecified atom stereocenters. The van der Waals surface area contributed by atoms with Crippen molar-refractivity contribution in [3.8, 4) is 6.07 Å². The van der Waals surface area contributed by atoms with E-state index < -0.39 is 0 Å². The number of aromatic nitrogens is 1. The first kappa shape index (κ1) is 18.5. The van der Waals surface area contributed by atoms with Gasteiger partial charge < -0.3 is 15.1 Å². The second-order valence-electron chi connectivity index (χ2n) is 7.31. The van der Waals surface area contributed by atoms with Crippen molar-refractivity contribution >= 4 is 11.8 Å². The Hall–Kier alpha value is -2.29. The Morgan fingerprint density at radius 1 is 1.08 bits per heavy atom. The first-order valence-electron chi connectivity index (χ1n) is 9.93. The maximum Gasteiger partial charge on any atom is 0.317 e. The predicted octanol–water partition coefficient (Wildman–Crippen LogP) is 3.29. The number of pyridine rings is 1. The van der Waals surface area contributed by atoms with E-state index in [0.29, 0.717) is 24.7 Å². The molecular weight excluding hydrogens is 326 g/mol. The molecule has 26 heavy (non-hydrogen) atoms. The summed E-state index contributed by atoms with van der Waals surface area (Å²) in [6.07, 6.45) is 11.2. The van der Waals surface area contributed by atoms with Gasteiger partial charge in [-0.1, -0.05) is 32.1 Å². The van der Waals surface area contributed by atoms with E-state index in [1.807, 2.05) is 4.90 Å². The molecule has 1 aliphatic heterocycles. The van der Waals surface area contributed by atoms with E-state index >= 15 is 0 Å². The van der Waals surface area contributed by atoms with Crippen molar-refractivity contribution in [3.05, 3.63) is 23.9 Å². The lowest BCUT2D eigenvalue weighted by molar-refractivity contribution is 0.194. The molecule has 0 radical (unpaired) electrons. The third-order valence-electron chi connectivity index (χ3n) is 5.42. The fourth-order valence-electron chi connectivity index (χ4n) is 3.93. The zero-order valence-corrected chi connectivity index (χ0v) is 15.5. The average molecular weight is 355 g/mol. The van der Waals surface area contributed by atoms with Gasteiger partial charge in [-0.15, -0.1) is 0 Å². The number of nitrogens with one attached hydrogen (secondary N) is 1. The normalized spacial score (nSPS) is 19.8. The molecule has 2 aliphatic rings.